The lowest BCUT2D eigenvalue weighted by Crippen LogP contribution is -2.48. The number of benzene rings is 3. The van der Waals surface area contributed by atoms with Gasteiger partial charge in [-0.05, 0) is 77.9 Å². The number of carbonyl (C=O) groups is 3. The fraction of sp³-hybridized carbons (Fsp3) is 0.522. The lowest BCUT2D eigenvalue weighted by atomic mass is 9.97. The molecule has 3 aliphatic rings. The smallest absolute Gasteiger partial charge is 0.380 e. The molecule has 0 amide bonds. The summed E-state index contributed by atoms with van der Waals surface area (Å²) in [6, 6.07) is 21.9. The number of aromatic nitrogens is 6. The number of para-hydroxylation sites is 3. The predicted octanol–water partition coefficient (Wildman–Crippen LogP) is 7.46. The van der Waals surface area contributed by atoms with Crippen LogP contribution in [0.5, 0.6) is 17.2 Å². The average Bonchev–Trinajstić information content (AvgIpc) is 1.59. The minimum atomic E-state index is -4.72. The van der Waals surface area contributed by atoms with E-state index in [1.807, 2.05) is 0 Å². The third-order valence-electron chi connectivity index (χ3n) is 16.2. The number of hydrogen-bond donors (Lipinski definition) is 6. The van der Waals surface area contributed by atoms with Gasteiger partial charge in [-0.3, -0.25) is 71.0 Å². The summed E-state index contributed by atoms with van der Waals surface area (Å²) in [5.74, 6) is -10.8. The number of aliphatic hydroxyl groups excluding tert-OH is 3. The van der Waals surface area contributed by atoms with Crippen LogP contribution in [0.25, 0.3) is 0 Å². The summed E-state index contributed by atoms with van der Waals surface area (Å²) in [6.45, 7) is -3.02. The zero-order chi connectivity index (χ0) is 90.1. The standard InChI is InChI=1S/3C23H28F3N2O9P/c3*1-13(2)35-20(31)14(3)11-38(33,37-15-7-5-4-6-8-15)34-10-17-18(29)23(26,12-24)21(36-17)28-9-16(25)19(30)27-22(28)32/h3*4-9,13-14,17-18,21,29H,10-12H2,1-3H3,(H,27,30,32)/t14-,17-,18+,21-,23?,38?;14-,17-,18+,21-,23?,38+;14-,17-,18+,21-,23?,38-/m111/s1/i3*10D2. The van der Waals surface area contributed by atoms with Crippen LogP contribution in [0.15, 0.2) is 138 Å². The van der Waals surface area contributed by atoms with Crippen molar-refractivity contribution in [3.05, 3.63) is 190 Å². The first kappa shape index (κ1) is 83.2. The van der Waals surface area contributed by atoms with E-state index < -0.39 is 258 Å². The fourth-order valence-electron chi connectivity index (χ4n) is 10.6. The van der Waals surface area contributed by atoms with Crippen molar-refractivity contribution in [1.29, 1.82) is 0 Å². The van der Waals surface area contributed by atoms with E-state index in [1.165, 1.54) is 109 Å². The van der Waals surface area contributed by atoms with E-state index in [-0.39, 0.29) is 49.5 Å². The molecule has 9 rings (SSSR count). The molecule has 630 valence electrons. The molecule has 3 aromatic heterocycles. The molecule has 6 N–H and O–H groups in total. The Hall–Kier alpha value is -8.79. The third kappa shape index (κ3) is 23.1. The van der Waals surface area contributed by atoms with Gasteiger partial charge in [-0.15, -0.1) is 0 Å². The van der Waals surface area contributed by atoms with Crippen LogP contribution < -0.4 is 47.3 Å². The van der Waals surface area contributed by atoms with Gasteiger partial charge in [0.1, 0.15) is 73.9 Å². The van der Waals surface area contributed by atoms with Gasteiger partial charge in [-0.1, -0.05) is 75.4 Å². The number of nitrogens with one attached hydrogen (secondary N) is 3. The highest BCUT2D eigenvalue weighted by Crippen LogP contribution is 2.55. The summed E-state index contributed by atoms with van der Waals surface area (Å²) < 4.78 is 285. The minimum absolute atomic E-state index is 0.0595. The van der Waals surface area contributed by atoms with Gasteiger partial charge < -0.3 is 57.3 Å². The molecule has 114 heavy (non-hydrogen) atoms. The van der Waals surface area contributed by atoms with Crippen LogP contribution in [0.3, 0.4) is 0 Å². The van der Waals surface area contributed by atoms with Gasteiger partial charge in [-0.2, -0.15) is 13.2 Å². The van der Waals surface area contributed by atoms with Crippen LogP contribution in [0.1, 0.15) is 89.2 Å². The summed E-state index contributed by atoms with van der Waals surface area (Å²) in [4.78, 5) is 112. The number of ether oxygens (including phenoxy) is 6. The quantitative estimate of drug-likeness (QED) is 0.0101. The van der Waals surface area contributed by atoms with Crippen LogP contribution in [0.2, 0.25) is 0 Å². The van der Waals surface area contributed by atoms with Crippen molar-refractivity contribution in [3.63, 3.8) is 0 Å². The van der Waals surface area contributed by atoms with Gasteiger partial charge in [0.2, 0.25) is 34.5 Å². The Kier molecular flexibility index (Phi) is 28.6. The van der Waals surface area contributed by atoms with Gasteiger partial charge >= 0.3 is 57.8 Å². The van der Waals surface area contributed by atoms with Crippen molar-refractivity contribution in [1.82, 2.24) is 28.7 Å². The van der Waals surface area contributed by atoms with Crippen molar-refractivity contribution in [2.75, 3.05) is 58.2 Å². The van der Waals surface area contributed by atoms with Gasteiger partial charge in [0.15, 0.2) is 18.7 Å². The SMILES string of the molecule is [2H]C([2H])(OP(=O)(C[C@@H](C)C(=O)OC(C)C)Oc1ccccc1)[C@H]1O[C@@H](n2cc(F)c(=O)[nH]c2=O)C(F)(CF)[C@H]1O.[2H]C([2H])(O[P@@](=O)(C[C@@H](C)C(=O)OC(C)C)Oc1ccccc1)[C@H]1O[C@@H](n2cc(F)c(=O)[nH]c2=O)C(F)(CF)[C@H]1O.[2H]C([2H])(O[P@](=O)(C[C@@H](C)C(=O)OC(C)C)Oc1ccccc1)[C@H]1O[C@@H](n2cc(F)c(=O)[nH]c2=O)C(F)(CF)[C@H]1O. The summed E-state index contributed by atoms with van der Waals surface area (Å²) in [6.07, 6.45) is -26.2. The molecular weight excluding hydrogens is 1610 g/mol. The molecule has 18 atom stereocenters. The first-order valence-corrected chi connectivity index (χ1v) is 39.3. The number of halogens is 9. The molecule has 0 spiro atoms. The van der Waals surface area contributed by atoms with Crippen molar-refractivity contribution < 1.29 is 147 Å². The molecule has 3 fully saturated rings. The first-order chi connectivity index (χ1) is 55.6. The van der Waals surface area contributed by atoms with Crippen LogP contribution in [-0.2, 0) is 70.1 Å². The second kappa shape index (κ2) is 39.2. The largest absolute Gasteiger partial charge is 0.463 e. The topological polar surface area (TPSA) is 438 Å². The van der Waals surface area contributed by atoms with Crippen LogP contribution in [0, 0.1) is 35.2 Å². The summed E-state index contributed by atoms with van der Waals surface area (Å²) in [5.41, 5.74) is -19.4. The Labute approximate surface area is 649 Å². The molecular formula is C69H84F9N6O27P3. The summed E-state index contributed by atoms with van der Waals surface area (Å²) >= 11 is 0. The number of nitrogens with zero attached hydrogens (tertiary/aromatic N) is 3. The van der Waals surface area contributed by atoms with E-state index >= 15 is 13.2 Å². The molecule has 6 aromatic rings. The van der Waals surface area contributed by atoms with Gasteiger partial charge in [0.25, 0.3) is 16.7 Å². The molecule has 4 unspecified atom stereocenters. The Morgan fingerprint density at radius 1 is 0.439 bits per heavy atom. The molecule has 45 heteroatoms. The van der Waals surface area contributed by atoms with Crippen molar-refractivity contribution in [2.24, 2.45) is 17.8 Å². The van der Waals surface area contributed by atoms with E-state index in [4.69, 9.17) is 63.8 Å². The monoisotopic (exact) mass is 1700 g/mol. The van der Waals surface area contributed by atoms with Gasteiger partial charge in [0, 0.05) is 0 Å². The second-order valence-corrected chi connectivity index (χ2v) is 32.4. The third-order valence-corrected chi connectivity index (χ3v) is 21.8. The Bertz CT molecular complexity index is 4620. The number of esters is 3. The van der Waals surface area contributed by atoms with E-state index in [9.17, 15) is 98.5 Å². The van der Waals surface area contributed by atoms with Crippen molar-refractivity contribution in [3.8, 4) is 17.2 Å². The van der Waals surface area contributed by atoms with Crippen LogP contribution >= 0.6 is 22.8 Å². The summed E-state index contributed by atoms with van der Waals surface area (Å²) in [5, 5.41) is 31.8. The lowest BCUT2D eigenvalue weighted by molar-refractivity contribution is -0.152. The Balaban J connectivity index is 0.000000248. The first-order valence-electron chi connectivity index (χ1n) is 37.1. The normalized spacial score (nSPS) is 26.8. The molecule has 33 nitrogen and oxygen atoms in total. The van der Waals surface area contributed by atoms with E-state index in [1.54, 1.807) is 59.7 Å². The Morgan fingerprint density at radius 3 is 0.860 bits per heavy atom. The molecule has 3 saturated heterocycles. The molecule has 6 heterocycles. The highest BCUT2D eigenvalue weighted by Gasteiger charge is 2.62. The fourth-order valence-corrected chi connectivity index (χ4v) is 15.7. The maximum absolute atomic E-state index is 15.7. The zero-order valence-corrected chi connectivity index (χ0v) is 64.2. The molecule has 0 saturated carbocycles. The highest BCUT2D eigenvalue weighted by atomic mass is 31.2. The molecule has 3 aromatic carbocycles. The van der Waals surface area contributed by atoms with Crippen LogP contribution in [-0.4, -0.2) is 192 Å². The van der Waals surface area contributed by atoms with Crippen molar-refractivity contribution >= 4 is 40.7 Å². The van der Waals surface area contributed by atoms with Crippen molar-refractivity contribution in [2.45, 2.75) is 153 Å². The number of aliphatic hydroxyl groups is 3. The second-order valence-electron chi connectivity index (χ2n) is 26.6. The zero-order valence-electron chi connectivity index (χ0n) is 67.5. The van der Waals surface area contributed by atoms with E-state index in [2.05, 4.69) is 0 Å². The molecule has 3 aliphatic heterocycles. The number of aromatic amines is 3. The van der Waals surface area contributed by atoms with E-state index in [0.717, 1.165) is 0 Å². The highest BCUT2D eigenvalue weighted by molar-refractivity contribution is 7.55. The maximum Gasteiger partial charge on any atom is 0.380 e. The maximum atomic E-state index is 15.7. The molecule has 0 radical (unpaired) electrons. The minimum Gasteiger partial charge on any atom is -0.463 e. The lowest BCUT2D eigenvalue weighted by Gasteiger charge is -2.26. The van der Waals surface area contributed by atoms with E-state index in [0.29, 0.717) is 0 Å². The van der Waals surface area contributed by atoms with Crippen LogP contribution in [0.4, 0.5) is 39.5 Å². The number of H-pyrrole nitrogens is 3. The summed E-state index contributed by atoms with van der Waals surface area (Å²) in [7, 11) is -14.2. The number of alkyl halides is 6. The average molecular weight is 1700 g/mol. The number of hydrogen-bond acceptors (Lipinski definition) is 27. The number of carbonyl (C=O) groups excluding carboxylic acids is 3. The molecule has 0 aliphatic carbocycles. The Morgan fingerprint density at radius 2 is 0.658 bits per heavy atom. The predicted molar refractivity (Wildman–Crippen MR) is 381 cm³/mol. The van der Waals surface area contributed by atoms with Gasteiger partial charge in [0.05, 0.1) is 101 Å². The number of rotatable bonds is 33. The van der Waals surface area contributed by atoms with Gasteiger partial charge in [-0.25, -0.2) is 54.4 Å². The molecule has 0 bridgehead atoms.